The summed E-state index contributed by atoms with van der Waals surface area (Å²) in [6, 6.07) is 7.22. The van der Waals surface area contributed by atoms with Crippen molar-refractivity contribution < 1.29 is 9.59 Å². The summed E-state index contributed by atoms with van der Waals surface area (Å²) in [5, 5.41) is 5.76. The number of anilines is 1. The van der Waals surface area contributed by atoms with Crippen LogP contribution >= 0.6 is 0 Å². The van der Waals surface area contributed by atoms with E-state index in [1.165, 1.54) is 0 Å². The zero-order chi connectivity index (χ0) is 14.5. The number of carbonyl (C=O) groups is 2. The van der Waals surface area contributed by atoms with Gasteiger partial charge in [-0.2, -0.15) is 0 Å². The van der Waals surface area contributed by atoms with Crippen molar-refractivity contribution >= 4 is 17.5 Å². The van der Waals surface area contributed by atoms with Gasteiger partial charge in [-0.3, -0.25) is 9.59 Å². The van der Waals surface area contributed by atoms with Crippen molar-refractivity contribution in [2.75, 3.05) is 5.32 Å². The number of rotatable bonds is 4. The zero-order valence-electron chi connectivity index (χ0n) is 12.1. The molecule has 1 saturated carbocycles. The molecule has 108 valence electrons. The van der Waals surface area contributed by atoms with E-state index >= 15 is 0 Å². The highest BCUT2D eigenvalue weighted by atomic mass is 16.2. The lowest BCUT2D eigenvalue weighted by molar-refractivity contribution is -0.119. The molecule has 0 spiro atoms. The maximum absolute atomic E-state index is 12.2. The topological polar surface area (TPSA) is 58.2 Å². The van der Waals surface area contributed by atoms with Crippen LogP contribution in [0, 0.1) is 5.92 Å². The van der Waals surface area contributed by atoms with Crippen LogP contribution in [0.25, 0.3) is 0 Å². The number of hydrogen-bond donors (Lipinski definition) is 2. The van der Waals surface area contributed by atoms with E-state index in [1.807, 2.05) is 19.9 Å². The van der Waals surface area contributed by atoms with Crippen molar-refractivity contribution in [3.05, 3.63) is 29.8 Å². The van der Waals surface area contributed by atoms with Crippen LogP contribution in [0.1, 0.15) is 49.9 Å². The van der Waals surface area contributed by atoms with E-state index in [1.54, 1.807) is 18.2 Å². The molecule has 0 aliphatic heterocycles. The summed E-state index contributed by atoms with van der Waals surface area (Å²) in [6.07, 6.45) is 4.14. The normalized spacial score (nSPS) is 15.3. The largest absolute Gasteiger partial charge is 0.350 e. The first-order valence-electron chi connectivity index (χ1n) is 7.28. The number of nitrogens with one attached hydrogen (secondary N) is 2. The lowest BCUT2D eigenvalue weighted by atomic mass is 10.1. The van der Waals surface area contributed by atoms with Gasteiger partial charge in [0, 0.05) is 12.0 Å². The van der Waals surface area contributed by atoms with Crippen molar-refractivity contribution in [3.63, 3.8) is 0 Å². The second-order valence-electron chi connectivity index (χ2n) is 5.64. The fourth-order valence-corrected chi connectivity index (χ4v) is 2.55. The minimum Gasteiger partial charge on any atom is -0.350 e. The molecule has 1 aliphatic rings. The molecule has 2 rings (SSSR count). The molecule has 1 aromatic carbocycles. The zero-order valence-corrected chi connectivity index (χ0v) is 12.1. The molecule has 4 heteroatoms. The molecule has 0 unspecified atom stereocenters. The maximum Gasteiger partial charge on any atom is 0.253 e. The van der Waals surface area contributed by atoms with Gasteiger partial charge in [0.25, 0.3) is 5.91 Å². The smallest absolute Gasteiger partial charge is 0.253 e. The molecule has 0 atom stereocenters. The van der Waals surface area contributed by atoms with Crippen LogP contribution < -0.4 is 10.6 Å². The van der Waals surface area contributed by atoms with E-state index in [2.05, 4.69) is 10.6 Å². The number of hydrogen-bond acceptors (Lipinski definition) is 2. The Morgan fingerprint density at radius 1 is 1.15 bits per heavy atom. The van der Waals surface area contributed by atoms with Gasteiger partial charge in [0.2, 0.25) is 5.91 Å². The third kappa shape index (κ3) is 3.59. The molecule has 0 heterocycles. The van der Waals surface area contributed by atoms with Gasteiger partial charge in [0.1, 0.15) is 0 Å². The van der Waals surface area contributed by atoms with Crippen LogP contribution in [0.5, 0.6) is 0 Å². The van der Waals surface area contributed by atoms with Gasteiger partial charge in [-0.05, 0) is 38.8 Å². The van der Waals surface area contributed by atoms with E-state index in [0.717, 1.165) is 25.7 Å². The van der Waals surface area contributed by atoms with Gasteiger partial charge in [-0.25, -0.2) is 0 Å². The molecule has 0 aromatic heterocycles. The summed E-state index contributed by atoms with van der Waals surface area (Å²) in [7, 11) is 0. The number of amides is 2. The summed E-state index contributed by atoms with van der Waals surface area (Å²) in [6.45, 7) is 3.83. The Hall–Kier alpha value is -1.84. The molecule has 0 radical (unpaired) electrons. The monoisotopic (exact) mass is 274 g/mol. The van der Waals surface area contributed by atoms with Gasteiger partial charge in [0.15, 0.2) is 0 Å². The van der Waals surface area contributed by atoms with Gasteiger partial charge >= 0.3 is 0 Å². The minimum absolute atomic E-state index is 0.0345. The Labute approximate surface area is 119 Å². The summed E-state index contributed by atoms with van der Waals surface area (Å²) < 4.78 is 0. The molecule has 1 aliphatic carbocycles. The lowest BCUT2D eigenvalue weighted by Crippen LogP contribution is -2.31. The first kappa shape index (κ1) is 14.6. The van der Waals surface area contributed by atoms with Crippen LogP contribution in [0.2, 0.25) is 0 Å². The SMILES string of the molecule is CC(C)NC(=O)c1ccccc1NC(=O)C1CCCC1. The number of carbonyl (C=O) groups excluding carboxylic acids is 2. The highest BCUT2D eigenvalue weighted by Crippen LogP contribution is 2.26. The summed E-state index contributed by atoms with van der Waals surface area (Å²) in [4.78, 5) is 24.3. The van der Waals surface area contributed by atoms with Crippen molar-refractivity contribution in [1.82, 2.24) is 5.32 Å². The summed E-state index contributed by atoms with van der Waals surface area (Å²) >= 11 is 0. The second kappa shape index (κ2) is 6.55. The van der Waals surface area contributed by atoms with Crippen LogP contribution in [0.3, 0.4) is 0 Å². The maximum atomic E-state index is 12.2. The van der Waals surface area contributed by atoms with E-state index in [0.29, 0.717) is 11.3 Å². The lowest BCUT2D eigenvalue weighted by Gasteiger charge is -2.15. The summed E-state index contributed by atoms with van der Waals surface area (Å²) in [5.41, 5.74) is 1.12. The van der Waals surface area contributed by atoms with E-state index in [4.69, 9.17) is 0 Å². The quantitative estimate of drug-likeness (QED) is 0.887. The molecular formula is C16H22N2O2. The molecular weight excluding hydrogens is 252 g/mol. The molecule has 1 fully saturated rings. The molecule has 0 saturated heterocycles. The van der Waals surface area contributed by atoms with Gasteiger partial charge in [-0.1, -0.05) is 25.0 Å². The van der Waals surface area contributed by atoms with Crippen LogP contribution in [-0.4, -0.2) is 17.9 Å². The standard InChI is InChI=1S/C16H22N2O2/c1-11(2)17-16(20)13-9-5-6-10-14(13)18-15(19)12-7-3-4-8-12/h5-6,9-12H,3-4,7-8H2,1-2H3,(H,17,20)(H,18,19). The fraction of sp³-hybridized carbons (Fsp3) is 0.500. The Kier molecular flexibility index (Phi) is 4.77. The fourth-order valence-electron chi connectivity index (χ4n) is 2.55. The molecule has 2 amide bonds. The summed E-state index contributed by atoms with van der Waals surface area (Å²) in [5.74, 6) is -0.0224. The third-order valence-corrected chi connectivity index (χ3v) is 3.58. The van der Waals surface area contributed by atoms with E-state index in [-0.39, 0.29) is 23.8 Å². The van der Waals surface area contributed by atoms with Crippen molar-refractivity contribution in [1.29, 1.82) is 0 Å². The van der Waals surface area contributed by atoms with Crippen molar-refractivity contribution in [2.24, 2.45) is 5.92 Å². The van der Waals surface area contributed by atoms with Crippen molar-refractivity contribution in [3.8, 4) is 0 Å². The molecule has 4 nitrogen and oxygen atoms in total. The van der Waals surface area contributed by atoms with Gasteiger partial charge in [0.05, 0.1) is 11.3 Å². The van der Waals surface area contributed by atoms with Gasteiger partial charge < -0.3 is 10.6 Å². The first-order chi connectivity index (χ1) is 9.58. The predicted molar refractivity (Wildman–Crippen MR) is 79.6 cm³/mol. The van der Waals surface area contributed by atoms with E-state index < -0.39 is 0 Å². The molecule has 1 aromatic rings. The molecule has 2 N–H and O–H groups in total. The first-order valence-corrected chi connectivity index (χ1v) is 7.28. The third-order valence-electron chi connectivity index (χ3n) is 3.58. The number of benzene rings is 1. The Balaban J connectivity index is 2.11. The van der Waals surface area contributed by atoms with E-state index in [9.17, 15) is 9.59 Å². The Morgan fingerprint density at radius 3 is 2.45 bits per heavy atom. The van der Waals surface area contributed by atoms with Crippen LogP contribution in [0.15, 0.2) is 24.3 Å². The Bertz CT molecular complexity index is 491. The molecule has 20 heavy (non-hydrogen) atoms. The average molecular weight is 274 g/mol. The van der Waals surface area contributed by atoms with Gasteiger partial charge in [-0.15, -0.1) is 0 Å². The molecule has 0 bridgehead atoms. The average Bonchev–Trinajstić information content (AvgIpc) is 2.92. The van der Waals surface area contributed by atoms with Crippen LogP contribution in [-0.2, 0) is 4.79 Å². The van der Waals surface area contributed by atoms with Crippen LogP contribution in [0.4, 0.5) is 5.69 Å². The minimum atomic E-state index is -0.151. The number of para-hydroxylation sites is 1. The van der Waals surface area contributed by atoms with Crippen molar-refractivity contribution in [2.45, 2.75) is 45.6 Å². The predicted octanol–water partition coefficient (Wildman–Crippen LogP) is 2.95. The highest BCUT2D eigenvalue weighted by molar-refractivity contribution is 6.04. The highest BCUT2D eigenvalue weighted by Gasteiger charge is 2.23. The Morgan fingerprint density at radius 2 is 1.80 bits per heavy atom. The second-order valence-corrected chi connectivity index (χ2v) is 5.64.